The molecule has 0 aliphatic heterocycles. The zero-order chi connectivity index (χ0) is 25.9. The highest BCUT2D eigenvalue weighted by atomic mass is 35.5. The van der Waals surface area contributed by atoms with Crippen LogP contribution in [0.25, 0.3) is 0 Å². The number of rotatable bonds is 12. The molecule has 0 aromatic heterocycles. The highest BCUT2D eigenvalue weighted by Crippen LogP contribution is 2.25. The molecule has 0 aliphatic rings. The molecule has 0 saturated carbocycles. The van der Waals surface area contributed by atoms with Gasteiger partial charge < -0.3 is 10.2 Å². The Bertz CT molecular complexity index is 1130. The van der Waals surface area contributed by atoms with Crippen LogP contribution in [0.4, 0.5) is 0 Å². The Balaban J connectivity index is 1.87. The third-order valence-electron chi connectivity index (χ3n) is 5.64. The van der Waals surface area contributed by atoms with Crippen molar-refractivity contribution in [2.75, 3.05) is 12.3 Å². The average Bonchev–Trinajstić information content (AvgIpc) is 2.87. The molecule has 0 aliphatic carbocycles. The predicted molar refractivity (Wildman–Crippen MR) is 151 cm³/mol. The number of thioether (sulfide) groups is 1. The first kappa shape index (κ1) is 28.1. The number of carbonyl (C=O) groups is 2. The number of benzene rings is 3. The molecule has 4 nitrogen and oxygen atoms in total. The molecule has 0 fully saturated rings. The van der Waals surface area contributed by atoms with Crippen molar-refractivity contribution in [2.45, 2.75) is 44.2 Å². The lowest BCUT2D eigenvalue weighted by atomic mass is 10.0. The molecule has 3 rings (SSSR count). The number of hydrogen-bond acceptors (Lipinski definition) is 3. The van der Waals surface area contributed by atoms with Crippen LogP contribution in [0, 0.1) is 5.92 Å². The smallest absolute Gasteiger partial charge is 0.243 e. The molecule has 1 N–H and O–H groups in total. The van der Waals surface area contributed by atoms with E-state index in [-0.39, 0.29) is 18.4 Å². The van der Waals surface area contributed by atoms with E-state index in [0.717, 1.165) is 16.0 Å². The van der Waals surface area contributed by atoms with Crippen molar-refractivity contribution >= 4 is 46.8 Å². The minimum absolute atomic E-state index is 0.0925. The second-order valence-corrected chi connectivity index (χ2v) is 11.0. The molecule has 0 bridgehead atoms. The molecule has 3 aromatic rings. The van der Waals surface area contributed by atoms with Crippen LogP contribution in [0.15, 0.2) is 83.8 Å². The van der Waals surface area contributed by atoms with Gasteiger partial charge in [-0.25, -0.2) is 0 Å². The van der Waals surface area contributed by atoms with Crippen molar-refractivity contribution in [3.63, 3.8) is 0 Å². The van der Waals surface area contributed by atoms with Gasteiger partial charge in [-0.2, -0.15) is 0 Å². The van der Waals surface area contributed by atoms with E-state index in [1.807, 2.05) is 80.6 Å². The lowest BCUT2D eigenvalue weighted by Gasteiger charge is -2.32. The van der Waals surface area contributed by atoms with E-state index in [9.17, 15) is 9.59 Å². The van der Waals surface area contributed by atoms with Crippen LogP contribution in [-0.4, -0.2) is 35.1 Å². The second-order valence-electron chi connectivity index (χ2n) is 9.01. The average molecular weight is 544 g/mol. The van der Waals surface area contributed by atoms with E-state index >= 15 is 0 Å². The van der Waals surface area contributed by atoms with Gasteiger partial charge in [-0.3, -0.25) is 9.59 Å². The van der Waals surface area contributed by atoms with E-state index < -0.39 is 6.04 Å². The third-order valence-corrected chi connectivity index (χ3v) is 7.24. The van der Waals surface area contributed by atoms with Crippen molar-refractivity contribution < 1.29 is 9.59 Å². The molecule has 3 aromatic carbocycles. The fraction of sp³-hybridized carbons (Fsp3) is 0.310. The minimum Gasteiger partial charge on any atom is -0.354 e. The molecule has 0 radical (unpaired) electrons. The van der Waals surface area contributed by atoms with Crippen LogP contribution in [-0.2, 0) is 22.6 Å². The summed E-state index contributed by atoms with van der Waals surface area (Å²) in [6.07, 6.45) is 0.709. The van der Waals surface area contributed by atoms with Gasteiger partial charge in [-0.05, 0) is 41.3 Å². The van der Waals surface area contributed by atoms with Crippen molar-refractivity contribution in [3.05, 3.63) is 100 Å². The summed E-state index contributed by atoms with van der Waals surface area (Å²) in [6, 6.07) is 24.3. The van der Waals surface area contributed by atoms with E-state index in [1.54, 1.807) is 28.8 Å². The van der Waals surface area contributed by atoms with Crippen molar-refractivity contribution in [1.82, 2.24) is 10.2 Å². The second kappa shape index (κ2) is 14.3. The Morgan fingerprint density at radius 2 is 1.61 bits per heavy atom. The third kappa shape index (κ3) is 8.88. The number of carbonyl (C=O) groups excluding carboxylic acids is 2. The largest absolute Gasteiger partial charge is 0.354 e. The number of halogens is 2. The molecule has 0 saturated heterocycles. The first-order valence-electron chi connectivity index (χ1n) is 12.1. The summed E-state index contributed by atoms with van der Waals surface area (Å²) in [5.74, 6) is 0.648. The van der Waals surface area contributed by atoms with Crippen LogP contribution < -0.4 is 5.32 Å². The van der Waals surface area contributed by atoms with Crippen LogP contribution in [0.2, 0.25) is 10.0 Å². The van der Waals surface area contributed by atoms with Gasteiger partial charge in [0.05, 0.1) is 0 Å². The molecular formula is C29H32Cl2N2O2S. The monoisotopic (exact) mass is 542 g/mol. The van der Waals surface area contributed by atoms with Gasteiger partial charge in [-0.15, -0.1) is 11.8 Å². The number of hydrogen-bond donors (Lipinski definition) is 1. The first-order chi connectivity index (χ1) is 17.3. The number of amides is 2. The maximum absolute atomic E-state index is 13.7. The Kier molecular flexibility index (Phi) is 11.2. The first-order valence-corrected chi connectivity index (χ1v) is 13.8. The van der Waals surface area contributed by atoms with Gasteiger partial charge in [0.1, 0.15) is 6.04 Å². The molecule has 7 heteroatoms. The summed E-state index contributed by atoms with van der Waals surface area (Å²) in [4.78, 5) is 29.9. The van der Waals surface area contributed by atoms with Crippen molar-refractivity contribution in [1.29, 1.82) is 0 Å². The van der Waals surface area contributed by atoms with Gasteiger partial charge in [0, 0.05) is 46.6 Å². The van der Waals surface area contributed by atoms with Crippen LogP contribution in [0.5, 0.6) is 0 Å². The van der Waals surface area contributed by atoms with E-state index in [4.69, 9.17) is 23.2 Å². The standard InChI is InChI=1S/C29H32Cl2N2O2S/c1-21(2)19-32-29(35)27(17-22-9-5-3-6-10-22)33(20-23-13-14-24(30)18-26(23)31)28(34)15-16-36-25-11-7-4-8-12-25/h3-14,18,21,27H,15-17,19-20H2,1-2H3,(H,32,35). The summed E-state index contributed by atoms with van der Waals surface area (Å²) < 4.78 is 0. The van der Waals surface area contributed by atoms with Crippen LogP contribution in [0.1, 0.15) is 31.4 Å². The SMILES string of the molecule is CC(C)CNC(=O)C(Cc1ccccc1)N(Cc1ccc(Cl)cc1Cl)C(=O)CCSc1ccccc1. The predicted octanol–water partition coefficient (Wildman–Crippen LogP) is 6.89. The molecule has 0 heterocycles. The molecule has 2 amide bonds. The summed E-state index contributed by atoms with van der Waals surface area (Å²) >= 11 is 14.2. The lowest BCUT2D eigenvalue weighted by Crippen LogP contribution is -2.51. The van der Waals surface area contributed by atoms with Crippen LogP contribution in [0.3, 0.4) is 0 Å². The summed E-state index contributed by atoms with van der Waals surface area (Å²) in [7, 11) is 0. The van der Waals surface area contributed by atoms with Crippen molar-refractivity contribution in [3.8, 4) is 0 Å². The highest BCUT2D eigenvalue weighted by Gasteiger charge is 2.30. The number of nitrogens with zero attached hydrogens (tertiary/aromatic N) is 1. The Morgan fingerprint density at radius 3 is 2.25 bits per heavy atom. The Labute approximate surface area is 228 Å². The normalized spacial score (nSPS) is 11.8. The van der Waals surface area contributed by atoms with Gasteiger partial charge >= 0.3 is 0 Å². The van der Waals surface area contributed by atoms with E-state index in [0.29, 0.717) is 41.1 Å². The number of nitrogens with one attached hydrogen (secondary N) is 1. The van der Waals surface area contributed by atoms with E-state index in [2.05, 4.69) is 5.32 Å². The van der Waals surface area contributed by atoms with E-state index in [1.165, 1.54) is 0 Å². The zero-order valence-corrected chi connectivity index (χ0v) is 23.0. The molecular weight excluding hydrogens is 511 g/mol. The lowest BCUT2D eigenvalue weighted by molar-refractivity contribution is -0.141. The van der Waals surface area contributed by atoms with Crippen molar-refractivity contribution in [2.24, 2.45) is 5.92 Å². The maximum atomic E-state index is 13.7. The quantitative estimate of drug-likeness (QED) is 0.253. The summed E-state index contributed by atoms with van der Waals surface area (Å²) in [5, 5.41) is 4.03. The van der Waals surface area contributed by atoms with Gasteiger partial charge in [0.2, 0.25) is 11.8 Å². The summed E-state index contributed by atoms with van der Waals surface area (Å²) in [5.41, 5.74) is 1.74. The topological polar surface area (TPSA) is 49.4 Å². The van der Waals surface area contributed by atoms with Gasteiger partial charge in [-0.1, -0.05) is 91.6 Å². The molecule has 1 atom stereocenters. The minimum atomic E-state index is -0.674. The fourth-order valence-corrected chi connectivity index (χ4v) is 5.06. The molecule has 190 valence electrons. The van der Waals surface area contributed by atoms with Crippen LogP contribution >= 0.6 is 35.0 Å². The molecule has 0 spiro atoms. The van der Waals surface area contributed by atoms with Gasteiger partial charge in [0.15, 0.2) is 0 Å². The highest BCUT2D eigenvalue weighted by molar-refractivity contribution is 7.99. The van der Waals surface area contributed by atoms with Gasteiger partial charge in [0.25, 0.3) is 0 Å². The summed E-state index contributed by atoms with van der Waals surface area (Å²) in [6.45, 7) is 4.85. The Hall–Kier alpha value is -2.47. The molecule has 36 heavy (non-hydrogen) atoms. The molecule has 1 unspecified atom stereocenters. The zero-order valence-electron chi connectivity index (χ0n) is 20.6. The Morgan fingerprint density at radius 1 is 0.944 bits per heavy atom. The fourth-order valence-electron chi connectivity index (χ4n) is 3.73. The maximum Gasteiger partial charge on any atom is 0.243 e.